The third-order valence-corrected chi connectivity index (χ3v) is 4.61. The van der Waals surface area contributed by atoms with Crippen molar-refractivity contribution in [3.63, 3.8) is 0 Å². The molecule has 0 aliphatic carbocycles. The number of hydrogen-bond donors (Lipinski definition) is 1. The molecule has 0 heterocycles. The summed E-state index contributed by atoms with van der Waals surface area (Å²) in [6, 6.07) is 13.6. The summed E-state index contributed by atoms with van der Waals surface area (Å²) in [5.74, 6) is 1.48. The zero-order valence-corrected chi connectivity index (χ0v) is 17.3. The summed E-state index contributed by atoms with van der Waals surface area (Å²) >= 11 is 0. The lowest BCUT2D eigenvalue weighted by atomic mass is 9.86. The molecule has 2 aromatic carbocycles. The van der Waals surface area contributed by atoms with Gasteiger partial charge in [-0.1, -0.05) is 45.9 Å². The minimum Gasteiger partial charge on any atom is -0.496 e. The average Bonchev–Trinajstić information content (AvgIpc) is 2.65. The number of hydrogen-bond acceptors (Lipinski definition) is 3. The standard InChI is InChI=1S/C23H31NO3/c1-7-16(2)24-22(25)17-12-13-20(26-6)18(14-17)15-27-21-11-9-8-10-19(21)23(3,4)5/h8-14,16H,7,15H2,1-6H3,(H,24,25)/t16-/m1/s1. The molecule has 0 aliphatic rings. The molecule has 0 aliphatic heterocycles. The van der Waals surface area contributed by atoms with Gasteiger partial charge in [0.15, 0.2) is 0 Å². The van der Waals surface area contributed by atoms with Crippen molar-refractivity contribution < 1.29 is 14.3 Å². The normalized spacial score (nSPS) is 12.4. The molecule has 0 aromatic heterocycles. The monoisotopic (exact) mass is 369 g/mol. The Bertz CT molecular complexity index is 777. The van der Waals surface area contributed by atoms with Crippen LogP contribution in [-0.4, -0.2) is 19.1 Å². The van der Waals surface area contributed by atoms with Gasteiger partial charge < -0.3 is 14.8 Å². The lowest BCUT2D eigenvalue weighted by Gasteiger charge is -2.23. The molecule has 4 heteroatoms. The van der Waals surface area contributed by atoms with Gasteiger partial charge in [-0.05, 0) is 48.6 Å². The van der Waals surface area contributed by atoms with Crippen LogP contribution in [0.25, 0.3) is 0 Å². The van der Waals surface area contributed by atoms with E-state index in [1.807, 2.05) is 44.2 Å². The fourth-order valence-electron chi connectivity index (χ4n) is 2.81. The van der Waals surface area contributed by atoms with Gasteiger partial charge in [0.05, 0.1) is 7.11 Å². The second-order valence-electron chi connectivity index (χ2n) is 7.84. The SMILES string of the molecule is CC[C@@H](C)NC(=O)c1ccc(OC)c(COc2ccccc2C(C)(C)C)c1. The van der Waals surface area contributed by atoms with Gasteiger partial charge in [-0.3, -0.25) is 4.79 Å². The van der Waals surface area contributed by atoms with Crippen molar-refractivity contribution in [2.24, 2.45) is 0 Å². The first-order valence-electron chi connectivity index (χ1n) is 9.46. The molecule has 1 atom stereocenters. The van der Waals surface area contributed by atoms with E-state index in [0.29, 0.717) is 17.9 Å². The van der Waals surface area contributed by atoms with E-state index in [4.69, 9.17) is 9.47 Å². The zero-order valence-electron chi connectivity index (χ0n) is 17.3. The van der Waals surface area contributed by atoms with Gasteiger partial charge in [-0.2, -0.15) is 0 Å². The van der Waals surface area contributed by atoms with Crippen molar-refractivity contribution >= 4 is 5.91 Å². The van der Waals surface area contributed by atoms with Crippen LogP contribution < -0.4 is 14.8 Å². The molecule has 146 valence electrons. The Hall–Kier alpha value is -2.49. The van der Waals surface area contributed by atoms with Crippen molar-refractivity contribution in [2.45, 2.75) is 59.1 Å². The molecule has 0 spiro atoms. The molecule has 0 saturated carbocycles. The predicted octanol–water partition coefficient (Wildman–Crippen LogP) is 5.10. The van der Waals surface area contributed by atoms with E-state index < -0.39 is 0 Å². The Kier molecular flexibility index (Phi) is 6.89. The first kappa shape index (κ1) is 20.8. The Morgan fingerprint density at radius 2 is 1.81 bits per heavy atom. The Balaban J connectivity index is 2.23. The Morgan fingerprint density at radius 3 is 2.44 bits per heavy atom. The molecule has 0 bridgehead atoms. The van der Waals surface area contributed by atoms with E-state index in [0.717, 1.165) is 23.3 Å². The summed E-state index contributed by atoms with van der Waals surface area (Å²) in [5, 5.41) is 2.99. The van der Waals surface area contributed by atoms with E-state index in [1.54, 1.807) is 13.2 Å². The van der Waals surface area contributed by atoms with Crippen LogP contribution >= 0.6 is 0 Å². The highest BCUT2D eigenvalue weighted by molar-refractivity contribution is 5.94. The van der Waals surface area contributed by atoms with Gasteiger partial charge in [0.1, 0.15) is 18.1 Å². The zero-order chi connectivity index (χ0) is 20.0. The summed E-state index contributed by atoms with van der Waals surface area (Å²) in [7, 11) is 1.63. The molecule has 27 heavy (non-hydrogen) atoms. The van der Waals surface area contributed by atoms with E-state index in [9.17, 15) is 4.79 Å². The molecule has 1 amide bonds. The maximum atomic E-state index is 12.4. The van der Waals surface area contributed by atoms with Crippen LogP contribution in [0.1, 0.15) is 62.5 Å². The van der Waals surface area contributed by atoms with E-state index in [-0.39, 0.29) is 17.4 Å². The molecular weight excluding hydrogens is 338 g/mol. The van der Waals surface area contributed by atoms with E-state index in [1.165, 1.54) is 0 Å². The molecule has 0 unspecified atom stereocenters. The van der Waals surface area contributed by atoms with Crippen LogP contribution in [0.3, 0.4) is 0 Å². The minimum atomic E-state index is -0.0802. The molecule has 4 nitrogen and oxygen atoms in total. The number of para-hydroxylation sites is 1. The number of benzene rings is 2. The maximum absolute atomic E-state index is 12.4. The maximum Gasteiger partial charge on any atom is 0.251 e. The Morgan fingerprint density at radius 1 is 1.11 bits per heavy atom. The molecule has 0 radical (unpaired) electrons. The number of carbonyl (C=O) groups is 1. The molecule has 2 rings (SSSR count). The molecule has 2 aromatic rings. The Labute approximate surface area is 162 Å². The van der Waals surface area contributed by atoms with Gasteiger partial charge in [0, 0.05) is 17.2 Å². The smallest absolute Gasteiger partial charge is 0.251 e. The van der Waals surface area contributed by atoms with Crippen LogP contribution in [0.4, 0.5) is 0 Å². The molecular formula is C23H31NO3. The topological polar surface area (TPSA) is 47.6 Å². The summed E-state index contributed by atoms with van der Waals surface area (Å²) < 4.78 is 11.6. The molecule has 0 saturated heterocycles. The number of ether oxygens (including phenoxy) is 2. The third-order valence-electron chi connectivity index (χ3n) is 4.61. The number of rotatable bonds is 7. The highest BCUT2D eigenvalue weighted by atomic mass is 16.5. The van der Waals surface area contributed by atoms with Crippen LogP contribution in [0.2, 0.25) is 0 Å². The van der Waals surface area contributed by atoms with Crippen LogP contribution in [0, 0.1) is 0 Å². The van der Waals surface area contributed by atoms with E-state index >= 15 is 0 Å². The highest BCUT2D eigenvalue weighted by Crippen LogP contribution is 2.32. The first-order chi connectivity index (χ1) is 12.8. The quantitative estimate of drug-likeness (QED) is 0.738. The van der Waals surface area contributed by atoms with Gasteiger partial charge in [0.2, 0.25) is 0 Å². The second-order valence-corrected chi connectivity index (χ2v) is 7.84. The first-order valence-corrected chi connectivity index (χ1v) is 9.46. The van der Waals surface area contributed by atoms with Crippen molar-refractivity contribution in [1.82, 2.24) is 5.32 Å². The summed E-state index contributed by atoms with van der Waals surface area (Å²) in [4.78, 5) is 12.4. The number of carbonyl (C=O) groups excluding carboxylic acids is 1. The lowest BCUT2D eigenvalue weighted by molar-refractivity contribution is 0.0939. The van der Waals surface area contributed by atoms with E-state index in [2.05, 4.69) is 32.2 Å². The molecule has 0 fully saturated rings. The van der Waals surface area contributed by atoms with Gasteiger partial charge in [-0.15, -0.1) is 0 Å². The second kappa shape index (κ2) is 8.94. The van der Waals surface area contributed by atoms with Crippen molar-refractivity contribution in [3.8, 4) is 11.5 Å². The van der Waals surface area contributed by atoms with Gasteiger partial charge in [-0.25, -0.2) is 0 Å². The minimum absolute atomic E-state index is 0.0152. The number of amides is 1. The fourth-order valence-corrected chi connectivity index (χ4v) is 2.81. The summed E-state index contributed by atoms with van der Waals surface area (Å²) in [6.07, 6.45) is 0.890. The van der Waals surface area contributed by atoms with Crippen LogP contribution in [0.5, 0.6) is 11.5 Å². The lowest BCUT2D eigenvalue weighted by Crippen LogP contribution is -2.31. The third kappa shape index (κ3) is 5.49. The van der Waals surface area contributed by atoms with Crippen LogP contribution in [0.15, 0.2) is 42.5 Å². The number of methoxy groups -OCH3 is 1. The molecule has 1 N–H and O–H groups in total. The average molecular weight is 370 g/mol. The van der Waals surface area contributed by atoms with Crippen molar-refractivity contribution in [1.29, 1.82) is 0 Å². The number of nitrogens with one attached hydrogen (secondary N) is 1. The van der Waals surface area contributed by atoms with Crippen LogP contribution in [-0.2, 0) is 12.0 Å². The van der Waals surface area contributed by atoms with Gasteiger partial charge >= 0.3 is 0 Å². The van der Waals surface area contributed by atoms with Gasteiger partial charge in [0.25, 0.3) is 5.91 Å². The predicted molar refractivity (Wildman–Crippen MR) is 110 cm³/mol. The fraction of sp³-hybridized carbons (Fsp3) is 0.435. The van der Waals surface area contributed by atoms with Crippen molar-refractivity contribution in [3.05, 3.63) is 59.2 Å². The largest absolute Gasteiger partial charge is 0.496 e. The summed E-state index contributed by atoms with van der Waals surface area (Å²) in [5.41, 5.74) is 2.59. The summed E-state index contributed by atoms with van der Waals surface area (Å²) in [6.45, 7) is 10.9. The van der Waals surface area contributed by atoms with Crippen molar-refractivity contribution in [2.75, 3.05) is 7.11 Å². The highest BCUT2D eigenvalue weighted by Gasteiger charge is 2.19.